The monoisotopic (exact) mass is 395 g/mol. The van der Waals surface area contributed by atoms with Gasteiger partial charge in [0.05, 0.1) is 4.88 Å². The topological polar surface area (TPSA) is 104 Å². The number of thiophene rings is 1. The maximum absolute atomic E-state index is 12.9. The third-order valence-electron chi connectivity index (χ3n) is 4.56. The van der Waals surface area contributed by atoms with Crippen LogP contribution in [0, 0.1) is 22.7 Å². The van der Waals surface area contributed by atoms with E-state index in [0.717, 1.165) is 4.88 Å². The number of benzene rings is 1. The van der Waals surface area contributed by atoms with E-state index in [0.29, 0.717) is 39.6 Å². The molecular formula is C22H9N3O3S. The van der Waals surface area contributed by atoms with E-state index < -0.39 is 0 Å². The van der Waals surface area contributed by atoms with Gasteiger partial charge in [0.15, 0.2) is 11.4 Å². The summed E-state index contributed by atoms with van der Waals surface area (Å²) >= 11 is 1.50. The Morgan fingerprint density at radius 1 is 1.07 bits per heavy atom. The number of aromatic nitrogens is 1. The first-order valence-corrected chi connectivity index (χ1v) is 9.42. The minimum atomic E-state index is -0.265. The molecule has 4 aromatic rings. The molecule has 5 rings (SSSR count). The van der Waals surface area contributed by atoms with Crippen LogP contribution in [0.3, 0.4) is 0 Å². The van der Waals surface area contributed by atoms with E-state index in [2.05, 4.69) is 4.98 Å². The quantitative estimate of drug-likeness (QED) is 0.340. The van der Waals surface area contributed by atoms with Gasteiger partial charge >= 0.3 is 0 Å². The Labute approximate surface area is 168 Å². The molecule has 3 heterocycles. The smallest absolute Gasteiger partial charge is 0.266 e. The van der Waals surface area contributed by atoms with Crippen molar-refractivity contribution in [2.24, 2.45) is 0 Å². The summed E-state index contributed by atoms with van der Waals surface area (Å²) in [6.07, 6.45) is 1.52. The highest BCUT2D eigenvalue weighted by Crippen LogP contribution is 2.40. The lowest BCUT2D eigenvalue weighted by molar-refractivity contribution is 0.104. The number of furan rings is 1. The molecule has 29 heavy (non-hydrogen) atoms. The second-order valence-electron chi connectivity index (χ2n) is 6.22. The summed E-state index contributed by atoms with van der Waals surface area (Å²) in [6, 6.07) is 16.1. The van der Waals surface area contributed by atoms with E-state index >= 15 is 0 Å². The number of fused-ring (bicyclic) bond motifs is 2. The third kappa shape index (κ3) is 2.61. The van der Waals surface area contributed by atoms with Gasteiger partial charge in [0.25, 0.3) is 5.71 Å². The Morgan fingerprint density at radius 3 is 2.55 bits per heavy atom. The van der Waals surface area contributed by atoms with E-state index in [9.17, 15) is 15.3 Å². The van der Waals surface area contributed by atoms with Gasteiger partial charge in [0.1, 0.15) is 23.5 Å². The summed E-state index contributed by atoms with van der Waals surface area (Å²) in [5, 5.41) is 20.7. The summed E-state index contributed by atoms with van der Waals surface area (Å²) < 4.78 is 11.5. The van der Waals surface area contributed by atoms with Crippen LogP contribution in [0.1, 0.15) is 21.7 Å². The van der Waals surface area contributed by atoms with Crippen molar-refractivity contribution in [1.82, 2.24) is 4.98 Å². The molecule has 1 aliphatic rings. The third-order valence-corrected chi connectivity index (χ3v) is 5.41. The van der Waals surface area contributed by atoms with Crippen LogP contribution in [0.2, 0.25) is 0 Å². The zero-order valence-corrected chi connectivity index (χ0v) is 15.5. The molecule has 0 bridgehead atoms. The van der Waals surface area contributed by atoms with Crippen molar-refractivity contribution < 1.29 is 13.6 Å². The molecule has 0 unspecified atom stereocenters. The zero-order valence-electron chi connectivity index (χ0n) is 14.7. The molecule has 7 heteroatoms. The van der Waals surface area contributed by atoms with Crippen LogP contribution in [0.15, 0.2) is 67.8 Å². The number of hydrogen-bond donors (Lipinski definition) is 0. The molecule has 0 amide bonds. The molecular weight excluding hydrogens is 386 g/mol. The van der Waals surface area contributed by atoms with E-state index in [1.807, 2.05) is 29.7 Å². The van der Waals surface area contributed by atoms with E-state index in [-0.39, 0.29) is 16.9 Å². The maximum Gasteiger partial charge on any atom is 0.266 e. The van der Waals surface area contributed by atoms with Crippen molar-refractivity contribution in [3.8, 4) is 22.9 Å². The first-order valence-electron chi connectivity index (χ1n) is 8.54. The molecule has 1 aromatic carbocycles. The standard InChI is InChI=1S/C22H9N3O3S/c23-10-12(11-24)19-14-4-1-2-5-15(14)20(26)16(19)8-13-9-17-21(27-13)25-22(28-17)18-6-3-7-29-18/h1-9H/b16-8-. The first kappa shape index (κ1) is 16.9. The average Bonchev–Trinajstić information content (AvgIpc) is 3.49. The largest absolute Gasteiger partial charge is 0.436 e. The molecule has 1 aliphatic carbocycles. The summed E-state index contributed by atoms with van der Waals surface area (Å²) in [5.74, 6) is 0.556. The second-order valence-corrected chi connectivity index (χ2v) is 7.17. The molecule has 0 fully saturated rings. The Hall–Kier alpha value is -4.20. The molecule has 0 saturated heterocycles. The van der Waals surface area contributed by atoms with Crippen LogP contribution in [0.4, 0.5) is 0 Å². The zero-order chi connectivity index (χ0) is 20.0. The highest BCUT2D eigenvalue weighted by atomic mass is 32.1. The van der Waals surface area contributed by atoms with E-state index in [1.165, 1.54) is 17.4 Å². The molecule has 6 nitrogen and oxygen atoms in total. The minimum absolute atomic E-state index is 0.122. The Morgan fingerprint density at radius 2 is 1.86 bits per heavy atom. The fourth-order valence-electron chi connectivity index (χ4n) is 3.32. The van der Waals surface area contributed by atoms with Gasteiger partial charge in [-0.1, -0.05) is 30.3 Å². The van der Waals surface area contributed by atoms with Crippen molar-refractivity contribution >= 4 is 40.1 Å². The predicted octanol–water partition coefficient (Wildman–Crippen LogP) is 5.23. The van der Waals surface area contributed by atoms with E-state index in [4.69, 9.17) is 8.83 Å². The number of hydrogen-bond acceptors (Lipinski definition) is 7. The van der Waals surface area contributed by atoms with Crippen molar-refractivity contribution in [3.63, 3.8) is 0 Å². The number of oxazole rings is 1. The Balaban J connectivity index is 1.63. The van der Waals surface area contributed by atoms with Crippen LogP contribution >= 0.6 is 11.3 Å². The molecule has 0 saturated carbocycles. The number of carbonyl (C=O) groups excluding carboxylic acids is 1. The molecule has 0 N–H and O–H groups in total. The number of ketones is 1. The molecule has 136 valence electrons. The lowest BCUT2D eigenvalue weighted by Crippen LogP contribution is -1.95. The van der Waals surface area contributed by atoms with Gasteiger partial charge in [-0.05, 0) is 23.1 Å². The minimum Gasteiger partial charge on any atom is -0.436 e. The molecule has 0 radical (unpaired) electrons. The van der Waals surface area contributed by atoms with Crippen LogP contribution in [-0.2, 0) is 0 Å². The highest BCUT2D eigenvalue weighted by Gasteiger charge is 2.32. The second kappa shape index (κ2) is 6.45. The van der Waals surface area contributed by atoms with Crippen LogP contribution in [0.5, 0.6) is 0 Å². The van der Waals surface area contributed by atoms with E-state index in [1.54, 1.807) is 30.3 Å². The summed E-state index contributed by atoms with van der Waals surface area (Å²) in [5.41, 5.74) is 2.21. The fraction of sp³-hybridized carbons (Fsp3) is 0. The summed E-state index contributed by atoms with van der Waals surface area (Å²) in [7, 11) is 0. The van der Waals surface area contributed by atoms with Gasteiger partial charge in [0, 0.05) is 22.8 Å². The van der Waals surface area contributed by atoms with Gasteiger partial charge in [-0.3, -0.25) is 4.79 Å². The van der Waals surface area contributed by atoms with Crippen molar-refractivity contribution in [3.05, 3.63) is 75.9 Å². The number of nitrogens with zero attached hydrogens (tertiary/aromatic N) is 3. The molecule has 3 aromatic heterocycles. The molecule has 0 atom stereocenters. The van der Waals surface area contributed by atoms with Crippen molar-refractivity contribution in [1.29, 1.82) is 10.5 Å². The Kier molecular flexibility index (Phi) is 3.77. The first-order chi connectivity index (χ1) is 14.2. The normalized spacial score (nSPS) is 14.2. The lowest BCUT2D eigenvalue weighted by atomic mass is 9.99. The lowest BCUT2D eigenvalue weighted by Gasteiger charge is -2.00. The van der Waals surface area contributed by atoms with Gasteiger partial charge in [-0.25, -0.2) is 0 Å². The summed E-state index contributed by atoms with van der Waals surface area (Å²) in [4.78, 5) is 18.1. The Bertz CT molecular complexity index is 1390. The average molecular weight is 395 g/mol. The maximum atomic E-state index is 12.9. The number of rotatable bonds is 2. The fourth-order valence-corrected chi connectivity index (χ4v) is 3.97. The number of carbonyl (C=O) groups is 1. The molecule has 0 spiro atoms. The summed E-state index contributed by atoms with van der Waals surface area (Å²) in [6.45, 7) is 0. The predicted molar refractivity (Wildman–Crippen MR) is 106 cm³/mol. The number of Topliss-reactive ketones (excluding diaryl/α,β-unsaturated/α-hetero) is 1. The van der Waals surface area contributed by atoms with Crippen molar-refractivity contribution in [2.45, 2.75) is 0 Å². The van der Waals surface area contributed by atoms with Crippen LogP contribution in [0.25, 0.3) is 33.7 Å². The van der Waals surface area contributed by atoms with Gasteiger partial charge in [0.2, 0.25) is 5.89 Å². The van der Waals surface area contributed by atoms with Gasteiger partial charge in [-0.2, -0.15) is 15.5 Å². The highest BCUT2D eigenvalue weighted by molar-refractivity contribution is 7.13. The number of allylic oxidation sites excluding steroid dienone is 3. The SMILES string of the molecule is N#CC(C#N)=C1/C(=C/c2cc3oc(-c4cccs4)nc3o2)C(=O)c2ccccc21. The number of nitriles is 2. The van der Waals surface area contributed by atoms with Gasteiger partial charge in [-0.15, -0.1) is 11.3 Å². The van der Waals surface area contributed by atoms with Gasteiger partial charge < -0.3 is 8.83 Å². The van der Waals surface area contributed by atoms with Crippen LogP contribution in [-0.4, -0.2) is 10.8 Å². The molecule has 0 aliphatic heterocycles. The van der Waals surface area contributed by atoms with Crippen LogP contribution < -0.4 is 0 Å². The van der Waals surface area contributed by atoms with Crippen molar-refractivity contribution in [2.75, 3.05) is 0 Å².